The number of amides is 1. The van der Waals surface area contributed by atoms with Gasteiger partial charge in [0.15, 0.2) is 6.61 Å². The number of nitrogens with one attached hydrogen (secondary N) is 1. The molecule has 0 saturated heterocycles. The van der Waals surface area contributed by atoms with Crippen LogP contribution >= 0.6 is 0 Å². The van der Waals surface area contributed by atoms with Gasteiger partial charge in [-0.2, -0.15) is 0 Å². The van der Waals surface area contributed by atoms with Crippen LogP contribution in [-0.4, -0.2) is 18.6 Å². The molecule has 19 heavy (non-hydrogen) atoms. The van der Waals surface area contributed by atoms with Crippen LogP contribution < -0.4 is 15.8 Å². The summed E-state index contributed by atoms with van der Waals surface area (Å²) in [6.07, 6.45) is 5.05. The fraction of sp³-hybridized carbons (Fsp3) is 0.533. The number of rotatable bonds is 6. The van der Waals surface area contributed by atoms with Crippen LogP contribution in [0.1, 0.15) is 25.7 Å². The molecule has 0 unspecified atom stereocenters. The Hall–Kier alpha value is -1.71. The van der Waals surface area contributed by atoms with Crippen LogP contribution in [0.4, 0.5) is 5.69 Å². The molecule has 102 valence electrons. The van der Waals surface area contributed by atoms with Crippen LogP contribution in [0.3, 0.4) is 0 Å². The van der Waals surface area contributed by atoms with E-state index in [0.717, 1.165) is 0 Å². The van der Waals surface area contributed by atoms with Crippen molar-refractivity contribution in [1.82, 2.24) is 5.32 Å². The van der Waals surface area contributed by atoms with Gasteiger partial charge in [0.05, 0.1) is 0 Å². The van der Waals surface area contributed by atoms with Crippen molar-refractivity contribution in [2.24, 2.45) is 11.8 Å². The molecule has 0 radical (unpaired) electrons. The highest BCUT2D eigenvalue weighted by Crippen LogP contribution is 2.44. The van der Waals surface area contributed by atoms with Gasteiger partial charge in [-0.05, 0) is 49.7 Å². The second-order valence-corrected chi connectivity index (χ2v) is 5.63. The zero-order valence-electron chi connectivity index (χ0n) is 11.0. The molecule has 0 aliphatic heterocycles. The van der Waals surface area contributed by atoms with Crippen molar-refractivity contribution in [2.45, 2.75) is 31.7 Å². The molecule has 2 fully saturated rings. The van der Waals surface area contributed by atoms with Crippen molar-refractivity contribution in [3.05, 3.63) is 24.3 Å². The first-order valence-corrected chi connectivity index (χ1v) is 7.00. The van der Waals surface area contributed by atoms with Gasteiger partial charge in [0, 0.05) is 17.8 Å². The van der Waals surface area contributed by atoms with Crippen molar-refractivity contribution >= 4 is 11.6 Å². The molecule has 3 rings (SSSR count). The van der Waals surface area contributed by atoms with Crippen molar-refractivity contribution < 1.29 is 9.53 Å². The number of anilines is 1. The molecular formula is C15H20N2O2. The number of ether oxygens (including phenoxy) is 1. The zero-order chi connectivity index (χ0) is 13.2. The molecule has 0 heterocycles. The number of hydrogen-bond acceptors (Lipinski definition) is 3. The third-order valence-electron chi connectivity index (χ3n) is 3.82. The van der Waals surface area contributed by atoms with E-state index >= 15 is 0 Å². The number of hydrogen-bond donors (Lipinski definition) is 2. The van der Waals surface area contributed by atoms with Gasteiger partial charge in [-0.25, -0.2) is 0 Å². The summed E-state index contributed by atoms with van der Waals surface area (Å²) in [6.45, 7) is 0.0688. The number of nitrogen functional groups attached to an aromatic ring is 1. The minimum atomic E-state index is -0.0220. The first-order valence-electron chi connectivity index (χ1n) is 7.00. The van der Waals surface area contributed by atoms with E-state index in [1.807, 2.05) is 12.1 Å². The van der Waals surface area contributed by atoms with E-state index in [0.29, 0.717) is 29.3 Å². The second-order valence-electron chi connectivity index (χ2n) is 5.63. The summed E-state index contributed by atoms with van der Waals surface area (Å²) in [4.78, 5) is 11.9. The Labute approximate surface area is 113 Å². The molecule has 0 aromatic heterocycles. The molecule has 3 N–H and O–H groups in total. The Bertz CT molecular complexity index is 455. The first kappa shape index (κ1) is 12.3. The minimum absolute atomic E-state index is 0.0220. The van der Waals surface area contributed by atoms with Crippen molar-refractivity contribution in [2.75, 3.05) is 12.3 Å². The lowest BCUT2D eigenvalue weighted by atomic mass is 10.1. The Morgan fingerprint density at radius 1 is 1.32 bits per heavy atom. The highest BCUT2D eigenvalue weighted by atomic mass is 16.5. The van der Waals surface area contributed by atoms with Gasteiger partial charge in [0.2, 0.25) is 0 Å². The van der Waals surface area contributed by atoms with Crippen molar-refractivity contribution in [1.29, 1.82) is 0 Å². The zero-order valence-corrected chi connectivity index (χ0v) is 11.0. The van der Waals surface area contributed by atoms with E-state index < -0.39 is 0 Å². The minimum Gasteiger partial charge on any atom is -0.484 e. The van der Waals surface area contributed by atoms with E-state index in [1.165, 1.54) is 25.7 Å². The quantitative estimate of drug-likeness (QED) is 0.768. The van der Waals surface area contributed by atoms with Gasteiger partial charge in [-0.1, -0.05) is 6.07 Å². The molecular weight excluding hydrogens is 240 g/mol. The highest BCUT2D eigenvalue weighted by molar-refractivity contribution is 5.78. The predicted molar refractivity (Wildman–Crippen MR) is 73.7 cm³/mol. The van der Waals surface area contributed by atoms with Crippen LogP contribution in [0.25, 0.3) is 0 Å². The second kappa shape index (κ2) is 5.11. The molecule has 4 nitrogen and oxygen atoms in total. The van der Waals surface area contributed by atoms with Gasteiger partial charge in [-0.15, -0.1) is 0 Å². The van der Waals surface area contributed by atoms with Gasteiger partial charge >= 0.3 is 0 Å². The van der Waals surface area contributed by atoms with Crippen LogP contribution in [0.2, 0.25) is 0 Å². The number of nitrogens with two attached hydrogens (primary N) is 1. The fourth-order valence-corrected chi connectivity index (χ4v) is 2.51. The summed E-state index contributed by atoms with van der Waals surface area (Å²) in [5, 5.41) is 3.13. The average Bonchev–Trinajstić information content (AvgIpc) is 3.27. The van der Waals surface area contributed by atoms with Gasteiger partial charge in [0.25, 0.3) is 5.91 Å². The molecule has 0 spiro atoms. The fourth-order valence-electron chi connectivity index (χ4n) is 2.51. The smallest absolute Gasteiger partial charge is 0.258 e. The Morgan fingerprint density at radius 3 is 2.58 bits per heavy atom. The number of carbonyl (C=O) groups excluding carboxylic acids is 1. The largest absolute Gasteiger partial charge is 0.484 e. The molecule has 0 bridgehead atoms. The summed E-state index contributed by atoms with van der Waals surface area (Å²) < 4.78 is 5.46. The maximum absolute atomic E-state index is 11.9. The monoisotopic (exact) mass is 260 g/mol. The van der Waals surface area contributed by atoms with Gasteiger partial charge in [0.1, 0.15) is 5.75 Å². The SMILES string of the molecule is Nc1cccc(OCC(=O)NC(C2CC2)C2CC2)c1. The molecule has 1 amide bonds. The van der Waals surface area contributed by atoms with E-state index in [1.54, 1.807) is 12.1 Å². The van der Waals surface area contributed by atoms with Crippen LogP contribution in [0.5, 0.6) is 5.75 Å². The van der Waals surface area contributed by atoms with Crippen LogP contribution in [-0.2, 0) is 4.79 Å². The third-order valence-corrected chi connectivity index (χ3v) is 3.82. The van der Waals surface area contributed by atoms with E-state index in [2.05, 4.69) is 5.32 Å². The number of carbonyl (C=O) groups is 1. The molecule has 1 aromatic carbocycles. The van der Waals surface area contributed by atoms with E-state index in [4.69, 9.17) is 10.5 Å². The first-order chi connectivity index (χ1) is 9.22. The number of benzene rings is 1. The molecule has 0 atom stereocenters. The highest BCUT2D eigenvalue weighted by Gasteiger charge is 2.42. The van der Waals surface area contributed by atoms with Crippen LogP contribution in [0, 0.1) is 11.8 Å². The summed E-state index contributed by atoms with van der Waals surface area (Å²) in [7, 11) is 0. The van der Waals surface area contributed by atoms with Gasteiger partial charge in [-0.3, -0.25) is 4.79 Å². The topological polar surface area (TPSA) is 64.3 Å². The Kier molecular flexibility index (Phi) is 3.32. The summed E-state index contributed by atoms with van der Waals surface area (Å²) >= 11 is 0. The van der Waals surface area contributed by atoms with Crippen LogP contribution in [0.15, 0.2) is 24.3 Å². The predicted octanol–water partition coefficient (Wildman–Crippen LogP) is 1.95. The summed E-state index contributed by atoms with van der Waals surface area (Å²) in [6, 6.07) is 7.54. The molecule has 2 aliphatic carbocycles. The maximum atomic E-state index is 11.9. The molecule has 4 heteroatoms. The standard InChI is InChI=1S/C15H20N2O2/c16-12-2-1-3-13(8-12)19-9-14(18)17-15(10-4-5-10)11-6-7-11/h1-3,8,10-11,15H,4-7,9,16H2,(H,17,18). The lowest BCUT2D eigenvalue weighted by Crippen LogP contribution is -2.40. The molecule has 2 saturated carbocycles. The van der Waals surface area contributed by atoms with E-state index in [9.17, 15) is 4.79 Å². The lowest BCUT2D eigenvalue weighted by molar-refractivity contribution is -0.124. The van der Waals surface area contributed by atoms with Gasteiger partial charge < -0.3 is 15.8 Å². The van der Waals surface area contributed by atoms with Crippen molar-refractivity contribution in [3.63, 3.8) is 0 Å². The molecule has 2 aliphatic rings. The third kappa shape index (κ3) is 3.40. The maximum Gasteiger partial charge on any atom is 0.258 e. The van der Waals surface area contributed by atoms with Crippen molar-refractivity contribution in [3.8, 4) is 5.75 Å². The van der Waals surface area contributed by atoms with E-state index in [-0.39, 0.29) is 12.5 Å². The summed E-state index contributed by atoms with van der Waals surface area (Å²) in [5.41, 5.74) is 6.31. The average molecular weight is 260 g/mol. The Morgan fingerprint density at radius 2 is 2.00 bits per heavy atom. The summed E-state index contributed by atoms with van der Waals surface area (Å²) in [5.74, 6) is 2.04. The molecule has 1 aromatic rings. The normalized spacial score (nSPS) is 18.4. The Balaban J connectivity index is 1.48. The lowest BCUT2D eigenvalue weighted by Gasteiger charge is -2.17.